The highest BCUT2D eigenvalue weighted by Crippen LogP contribution is 2.45. The monoisotopic (exact) mass is 417 g/mol. The zero-order valence-corrected chi connectivity index (χ0v) is 18.0. The number of benzene rings is 2. The number of phenols is 1. The molecule has 2 N–H and O–H groups in total. The Hall–Kier alpha value is -3.12. The van der Waals surface area contributed by atoms with E-state index < -0.39 is 5.60 Å². The first-order valence-corrected chi connectivity index (χ1v) is 10.7. The van der Waals surface area contributed by atoms with Crippen molar-refractivity contribution in [2.24, 2.45) is 13.0 Å². The number of fused-ring (bicyclic) bond motifs is 1. The molecule has 160 valence electrons. The molecule has 1 fully saturated rings. The van der Waals surface area contributed by atoms with E-state index >= 15 is 0 Å². The smallest absolute Gasteiger partial charge is 0.255 e. The van der Waals surface area contributed by atoms with Crippen molar-refractivity contribution >= 4 is 5.91 Å². The predicted molar refractivity (Wildman–Crippen MR) is 118 cm³/mol. The lowest BCUT2D eigenvalue weighted by Crippen LogP contribution is -2.51. The van der Waals surface area contributed by atoms with E-state index in [4.69, 9.17) is 0 Å². The van der Waals surface area contributed by atoms with Crippen molar-refractivity contribution in [2.75, 3.05) is 0 Å². The van der Waals surface area contributed by atoms with E-state index in [9.17, 15) is 15.0 Å². The number of hydrogen-bond acceptors (Lipinski definition) is 4. The lowest BCUT2D eigenvalue weighted by atomic mass is 9.92. The standard InChI is InChI=1S/C25H27N3O3/c1-25(2,31)23(17-8-9-17)28-14-20-21(29)11-10-19(22(20)24(28)30)16-6-4-15(5-7-16)18-12-26-27(3)13-18/h4-7,10-13,17,23,29,31H,8-9,14H2,1-3H3/t23-/m1/s1. The van der Waals surface area contributed by atoms with Gasteiger partial charge < -0.3 is 15.1 Å². The van der Waals surface area contributed by atoms with Crippen LogP contribution in [0.4, 0.5) is 0 Å². The maximum absolute atomic E-state index is 13.5. The van der Waals surface area contributed by atoms with E-state index in [1.54, 1.807) is 29.5 Å². The van der Waals surface area contributed by atoms with Gasteiger partial charge in [0.1, 0.15) is 5.75 Å². The van der Waals surface area contributed by atoms with Crippen molar-refractivity contribution in [2.45, 2.75) is 44.9 Å². The molecule has 1 aromatic heterocycles. The second-order valence-electron chi connectivity index (χ2n) is 9.33. The zero-order valence-electron chi connectivity index (χ0n) is 18.0. The summed E-state index contributed by atoms with van der Waals surface area (Å²) in [6.45, 7) is 3.86. The number of rotatable bonds is 5. The van der Waals surface area contributed by atoms with Crippen LogP contribution in [0.3, 0.4) is 0 Å². The Morgan fingerprint density at radius 2 is 1.74 bits per heavy atom. The van der Waals surface area contributed by atoms with E-state index in [2.05, 4.69) is 5.10 Å². The number of aromatic hydroxyl groups is 1. The molecule has 6 heteroatoms. The third-order valence-corrected chi connectivity index (χ3v) is 6.45. The number of aromatic nitrogens is 2. The van der Waals surface area contributed by atoms with Crippen molar-refractivity contribution in [1.82, 2.24) is 14.7 Å². The van der Waals surface area contributed by atoms with Crippen LogP contribution < -0.4 is 0 Å². The number of phenolic OH excluding ortho intramolecular Hbond substituents is 1. The third kappa shape index (κ3) is 3.41. The van der Waals surface area contributed by atoms with Crippen LogP contribution in [-0.4, -0.2) is 42.4 Å². The first-order valence-electron chi connectivity index (χ1n) is 10.7. The highest BCUT2D eigenvalue weighted by atomic mass is 16.3. The molecule has 0 saturated heterocycles. The van der Waals surface area contributed by atoms with Crippen LogP contribution in [0.15, 0.2) is 48.8 Å². The molecule has 0 unspecified atom stereocenters. The van der Waals surface area contributed by atoms with Crippen LogP contribution in [0.25, 0.3) is 22.3 Å². The van der Waals surface area contributed by atoms with E-state index in [0.29, 0.717) is 23.6 Å². The fourth-order valence-electron chi connectivity index (χ4n) is 4.93. The largest absolute Gasteiger partial charge is 0.508 e. The summed E-state index contributed by atoms with van der Waals surface area (Å²) in [7, 11) is 1.89. The summed E-state index contributed by atoms with van der Waals surface area (Å²) in [5, 5.41) is 25.5. The van der Waals surface area contributed by atoms with Gasteiger partial charge in [0.2, 0.25) is 0 Å². The van der Waals surface area contributed by atoms with Gasteiger partial charge in [-0.1, -0.05) is 24.3 Å². The molecule has 31 heavy (non-hydrogen) atoms. The summed E-state index contributed by atoms with van der Waals surface area (Å²) in [5.74, 6) is 0.325. The molecule has 0 radical (unpaired) electrons. The van der Waals surface area contributed by atoms with Crippen LogP contribution in [-0.2, 0) is 13.6 Å². The van der Waals surface area contributed by atoms with Crippen molar-refractivity contribution in [1.29, 1.82) is 0 Å². The second-order valence-corrected chi connectivity index (χ2v) is 9.33. The molecule has 5 rings (SSSR count). The summed E-state index contributed by atoms with van der Waals surface area (Å²) >= 11 is 0. The first-order chi connectivity index (χ1) is 14.7. The topological polar surface area (TPSA) is 78.6 Å². The van der Waals surface area contributed by atoms with Crippen LogP contribution in [0, 0.1) is 5.92 Å². The molecule has 1 atom stereocenters. The number of amides is 1. The van der Waals surface area contributed by atoms with Gasteiger partial charge in [-0.3, -0.25) is 9.48 Å². The van der Waals surface area contributed by atoms with E-state index in [-0.39, 0.29) is 17.7 Å². The summed E-state index contributed by atoms with van der Waals surface area (Å²) < 4.78 is 1.77. The van der Waals surface area contributed by atoms with Crippen LogP contribution in [0.2, 0.25) is 0 Å². The fraction of sp³-hybridized carbons (Fsp3) is 0.360. The van der Waals surface area contributed by atoms with Gasteiger partial charge in [-0.25, -0.2) is 0 Å². The number of hydrogen-bond donors (Lipinski definition) is 2. The molecule has 1 aliphatic carbocycles. The first kappa shape index (κ1) is 19.8. The normalized spacial score (nSPS) is 17.2. The lowest BCUT2D eigenvalue weighted by Gasteiger charge is -2.37. The Labute approximate surface area is 181 Å². The molecule has 2 aliphatic rings. The molecule has 1 aliphatic heterocycles. The van der Waals surface area contributed by atoms with Crippen molar-refractivity contribution in [3.63, 3.8) is 0 Å². The van der Waals surface area contributed by atoms with Gasteiger partial charge in [0.25, 0.3) is 5.91 Å². The fourth-order valence-corrected chi connectivity index (χ4v) is 4.93. The molecule has 1 saturated carbocycles. The van der Waals surface area contributed by atoms with Gasteiger partial charge in [-0.15, -0.1) is 0 Å². The zero-order chi connectivity index (χ0) is 21.9. The van der Waals surface area contributed by atoms with Gasteiger partial charge in [-0.05, 0) is 61.4 Å². The summed E-state index contributed by atoms with van der Waals surface area (Å²) in [6, 6.07) is 11.3. The minimum atomic E-state index is -1.000. The number of nitrogens with zero attached hydrogens (tertiary/aromatic N) is 3. The maximum atomic E-state index is 13.5. The second kappa shape index (κ2) is 6.95. The Morgan fingerprint density at radius 3 is 2.32 bits per heavy atom. The Bertz CT molecular complexity index is 1150. The molecule has 3 aromatic rings. The van der Waals surface area contributed by atoms with E-state index in [1.165, 1.54) is 0 Å². The summed E-state index contributed by atoms with van der Waals surface area (Å²) in [5.41, 5.74) is 4.01. The Morgan fingerprint density at radius 1 is 1.06 bits per heavy atom. The molecule has 1 amide bonds. The number of aliphatic hydroxyl groups is 1. The molecule has 2 heterocycles. The predicted octanol–water partition coefficient (Wildman–Crippen LogP) is 3.97. The molecule has 0 spiro atoms. The minimum absolute atomic E-state index is 0.115. The summed E-state index contributed by atoms with van der Waals surface area (Å²) in [6.07, 6.45) is 5.82. The van der Waals surface area contributed by atoms with E-state index in [0.717, 1.165) is 35.1 Å². The van der Waals surface area contributed by atoms with Crippen molar-refractivity contribution in [3.05, 3.63) is 59.9 Å². The van der Waals surface area contributed by atoms with Gasteiger partial charge in [0, 0.05) is 24.4 Å². The van der Waals surface area contributed by atoms with Gasteiger partial charge in [0.05, 0.1) is 29.9 Å². The molecule has 0 bridgehead atoms. The molecular weight excluding hydrogens is 390 g/mol. The molecule has 6 nitrogen and oxygen atoms in total. The Balaban J connectivity index is 1.53. The SMILES string of the molecule is Cn1cc(-c2ccc(-c3ccc(O)c4c3C(=O)N([C@H](C3CC3)C(C)(C)O)C4)cc2)cn1. The highest BCUT2D eigenvalue weighted by Gasteiger charge is 2.48. The average molecular weight is 418 g/mol. The highest BCUT2D eigenvalue weighted by molar-refractivity contribution is 6.05. The number of aryl methyl sites for hydroxylation is 1. The Kier molecular flexibility index (Phi) is 4.45. The van der Waals surface area contributed by atoms with Crippen molar-refractivity contribution in [3.8, 4) is 28.0 Å². The van der Waals surface area contributed by atoms with Gasteiger partial charge in [-0.2, -0.15) is 5.10 Å². The number of carbonyl (C=O) groups is 1. The lowest BCUT2D eigenvalue weighted by molar-refractivity contribution is -0.0224. The van der Waals surface area contributed by atoms with E-state index in [1.807, 2.05) is 49.8 Å². The van der Waals surface area contributed by atoms with Gasteiger partial charge in [0.15, 0.2) is 0 Å². The maximum Gasteiger partial charge on any atom is 0.255 e. The van der Waals surface area contributed by atoms with Crippen LogP contribution in [0.5, 0.6) is 5.75 Å². The van der Waals surface area contributed by atoms with Crippen LogP contribution in [0.1, 0.15) is 42.6 Å². The quantitative estimate of drug-likeness (QED) is 0.659. The molecule has 2 aromatic carbocycles. The summed E-state index contributed by atoms with van der Waals surface area (Å²) in [4.78, 5) is 15.3. The third-order valence-electron chi connectivity index (χ3n) is 6.45. The molecular formula is C25H27N3O3. The average Bonchev–Trinajstić information content (AvgIpc) is 3.36. The van der Waals surface area contributed by atoms with Crippen LogP contribution >= 0.6 is 0 Å². The minimum Gasteiger partial charge on any atom is -0.508 e. The van der Waals surface area contributed by atoms with Gasteiger partial charge >= 0.3 is 0 Å². The number of carbonyl (C=O) groups excluding carboxylic acids is 1. The van der Waals surface area contributed by atoms with Crippen molar-refractivity contribution < 1.29 is 15.0 Å².